The second kappa shape index (κ2) is 6.18. The molecule has 1 rings (SSSR count). The van der Waals surface area contributed by atoms with Crippen LogP contribution in [0.1, 0.15) is 37.8 Å². The van der Waals surface area contributed by atoms with Gasteiger partial charge in [-0.05, 0) is 45.6 Å². The first-order chi connectivity index (χ1) is 7.93. The van der Waals surface area contributed by atoms with E-state index >= 15 is 0 Å². The highest BCUT2D eigenvalue weighted by atomic mass is 16.5. The van der Waals surface area contributed by atoms with E-state index in [2.05, 4.69) is 45.0 Å². The summed E-state index contributed by atoms with van der Waals surface area (Å²) in [5, 5.41) is 0. The van der Waals surface area contributed by atoms with Crippen molar-refractivity contribution in [3.63, 3.8) is 0 Å². The van der Waals surface area contributed by atoms with Crippen LogP contribution in [0.5, 0.6) is 0 Å². The summed E-state index contributed by atoms with van der Waals surface area (Å²) in [5.74, 6) is 0. The Labute approximate surface area is 105 Å². The Morgan fingerprint density at radius 1 is 1.24 bits per heavy atom. The molecule has 0 aliphatic rings. The molecule has 1 atom stereocenters. The van der Waals surface area contributed by atoms with Gasteiger partial charge in [0.15, 0.2) is 0 Å². The summed E-state index contributed by atoms with van der Waals surface area (Å²) in [5.41, 5.74) is 8.70. The molecule has 0 fully saturated rings. The van der Waals surface area contributed by atoms with Crippen LogP contribution in [0, 0.1) is 6.92 Å². The fourth-order valence-electron chi connectivity index (χ4n) is 1.76. The third kappa shape index (κ3) is 5.33. The first-order valence-corrected chi connectivity index (χ1v) is 6.29. The largest absolute Gasteiger partial charge is 0.379 e. The first-order valence-electron chi connectivity index (χ1n) is 6.29. The molecule has 0 heterocycles. The molecule has 1 unspecified atom stereocenters. The van der Waals surface area contributed by atoms with Crippen molar-refractivity contribution in [2.24, 2.45) is 5.73 Å². The molecule has 0 aromatic heterocycles. The van der Waals surface area contributed by atoms with Crippen molar-refractivity contribution >= 4 is 0 Å². The predicted octanol–water partition coefficient (Wildman–Crippen LogP) is 3.07. The molecule has 0 amide bonds. The Morgan fingerprint density at radius 3 is 2.35 bits per heavy atom. The van der Waals surface area contributed by atoms with Crippen molar-refractivity contribution in [1.29, 1.82) is 0 Å². The third-order valence-corrected chi connectivity index (χ3v) is 3.29. The Hall–Kier alpha value is -0.860. The van der Waals surface area contributed by atoms with Crippen LogP contribution in [-0.4, -0.2) is 18.8 Å². The van der Waals surface area contributed by atoms with Gasteiger partial charge in [-0.15, -0.1) is 0 Å². The summed E-state index contributed by atoms with van der Waals surface area (Å²) < 4.78 is 5.40. The van der Waals surface area contributed by atoms with Crippen molar-refractivity contribution < 1.29 is 4.74 Å². The normalized spacial score (nSPS) is 13.7. The molecular weight excluding hydrogens is 210 g/mol. The number of aryl methyl sites for hydroxylation is 1. The Kier molecular flexibility index (Phi) is 5.16. The van der Waals surface area contributed by atoms with E-state index in [4.69, 9.17) is 10.5 Å². The summed E-state index contributed by atoms with van der Waals surface area (Å²) in [7, 11) is 1.76. The molecule has 0 aliphatic carbocycles. The lowest BCUT2D eigenvalue weighted by atomic mass is 9.95. The van der Waals surface area contributed by atoms with Crippen LogP contribution >= 0.6 is 0 Å². The molecule has 17 heavy (non-hydrogen) atoms. The number of rotatable bonds is 6. The van der Waals surface area contributed by atoms with E-state index in [-0.39, 0.29) is 11.6 Å². The molecular formula is C15H25NO. The van der Waals surface area contributed by atoms with Gasteiger partial charge in [0.2, 0.25) is 0 Å². The molecule has 1 aromatic rings. The highest BCUT2D eigenvalue weighted by Gasteiger charge is 2.17. The average Bonchev–Trinajstić information content (AvgIpc) is 2.30. The van der Waals surface area contributed by atoms with Crippen LogP contribution in [0.4, 0.5) is 0 Å². The van der Waals surface area contributed by atoms with Gasteiger partial charge in [0.25, 0.3) is 0 Å². The molecule has 2 nitrogen and oxygen atoms in total. The Balaban J connectivity index is 2.39. The van der Waals surface area contributed by atoms with Crippen molar-refractivity contribution in [3.8, 4) is 0 Å². The molecule has 0 saturated heterocycles. The predicted molar refractivity (Wildman–Crippen MR) is 73.2 cm³/mol. The topological polar surface area (TPSA) is 35.2 Å². The van der Waals surface area contributed by atoms with Crippen LogP contribution in [-0.2, 0) is 11.2 Å². The number of nitrogens with two attached hydrogens (primary N) is 1. The van der Waals surface area contributed by atoms with E-state index < -0.39 is 0 Å². The standard InChI is InChI=1S/C15H25NO/c1-12-5-7-13(8-6-12)11-14(16)9-10-15(2,3)17-4/h5-8,14H,9-11,16H2,1-4H3. The van der Waals surface area contributed by atoms with Crippen LogP contribution in [0.2, 0.25) is 0 Å². The minimum Gasteiger partial charge on any atom is -0.379 e. The molecule has 0 spiro atoms. The van der Waals surface area contributed by atoms with Crippen LogP contribution in [0.15, 0.2) is 24.3 Å². The van der Waals surface area contributed by atoms with Crippen molar-refractivity contribution in [2.75, 3.05) is 7.11 Å². The van der Waals surface area contributed by atoms with Crippen molar-refractivity contribution in [2.45, 2.75) is 51.7 Å². The molecule has 0 radical (unpaired) electrons. The minimum atomic E-state index is -0.0646. The zero-order valence-electron chi connectivity index (χ0n) is 11.5. The maximum absolute atomic E-state index is 6.15. The third-order valence-electron chi connectivity index (χ3n) is 3.29. The number of benzene rings is 1. The van der Waals surface area contributed by atoms with Gasteiger partial charge in [0, 0.05) is 13.2 Å². The molecule has 0 bridgehead atoms. The summed E-state index contributed by atoms with van der Waals surface area (Å²) >= 11 is 0. The number of hydrogen-bond donors (Lipinski definition) is 1. The summed E-state index contributed by atoms with van der Waals surface area (Å²) in [6, 6.07) is 8.82. The summed E-state index contributed by atoms with van der Waals surface area (Å²) in [4.78, 5) is 0. The van der Waals surface area contributed by atoms with E-state index in [1.807, 2.05) is 0 Å². The van der Waals surface area contributed by atoms with Crippen LogP contribution < -0.4 is 5.73 Å². The smallest absolute Gasteiger partial charge is 0.0623 e. The highest BCUT2D eigenvalue weighted by molar-refractivity contribution is 5.21. The number of ether oxygens (including phenoxy) is 1. The molecule has 0 saturated carbocycles. The summed E-state index contributed by atoms with van der Waals surface area (Å²) in [6.07, 6.45) is 2.94. The van der Waals surface area contributed by atoms with Gasteiger partial charge in [-0.25, -0.2) is 0 Å². The lowest BCUT2D eigenvalue weighted by Gasteiger charge is -2.24. The molecule has 1 aromatic carbocycles. The van der Waals surface area contributed by atoms with Crippen LogP contribution in [0.3, 0.4) is 0 Å². The maximum atomic E-state index is 6.15. The van der Waals surface area contributed by atoms with Gasteiger partial charge in [-0.1, -0.05) is 29.8 Å². The fraction of sp³-hybridized carbons (Fsp3) is 0.600. The second-order valence-corrected chi connectivity index (χ2v) is 5.45. The second-order valence-electron chi connectivity index (χ2n) is 5.45. The average molecular weight is 235 g/mol. The van der Waals surface area contributed by atoms with Crippen molar-refractivity contribution in [1.82, 2.24) is 0 Å². The molecule has 2 heteroatoms. The molecule has 96 valence electrons. The van der Waals surface area contributed by atoms with E-state index in [0.717, 1.165) is 19.3 Å². The van der Waals surface area contributed by atoms with E-state index in [0.29, 0.717) is 0 Å². The van der Waals surface area contributed by atoms with Gasteiger partial charge in [-0.2, -0.15) is 0 Å². The van der Waals surface area contributed by atoms with Gasteiger partial charge in [0.05, 0.1) is 5.60 Å². The number of methoxy groups -OCH3 is 1. The van der Waals surface area contributed by atoms with Crippen molar-refractivity contribution in [3.05, 3.63) is 35.4 Å². The van der Waals surface area contributed by atoms with E-state index in [1.54, 1.807) is 7.11 Å². The minimum absolute atomic E-state index is 0.0646. The van der Waals surface area contributed by atoms with Gasteiger partial charge >= 0.3 is 0 Å². The Bertz CT molecular complexity index is 329. The fourth-order valence-corrected chi connectivity index (χ4v) is 1.76. The van der Waals surface area contributed by atoms with E-state index in [9.17, 15) is 0 Å². The molecule has 2 N–H and O–H groups in total. The monoisotopic (exact) mass is 235 g/mol. The lowest BCUT2D eigenvalue weighted by molar-refractivity contribution is 0.0125. The molecule has 0 aliphatic heterocycles. The quantitative estimate of drug-likeness (QED) is 0.822. The van der Waals surface area contributed by atoms with E-state index in [1.165, 1.54) is 11.1 Å². The summed E-state index contributed by atoms with van der Waals surface area (Å²) in [6.45, 7) is 6.31. The van der Waals surface area contributed by atoms with Gasteiger partial charge < -0.3 is 10.5 Å². The first kappa shape index (κ1) is 14.2. The zero-order chi connectivity index (χ0) is 12.9. The number of hydrogen-bond acceptors (Lipinski definition) is 2. The van der Waals surface area contributed by atoms with Gasteiger partial charge in [-0.3, -0.25) is 0 Å². The van der Waals surface area contributed by atoms with Gasteiger partial charge in [0.1, 0.15) is 0 Å². The van der Waals surface area contributed by atoms with Crippen LogP contribution in [0.25, 0.3) is 0 Å². The lowest BCUT2D eigenvalue weighted by Crippen LogP contribution is -2.29. The maximum Gasteiger partial charge on any atom is 0.0623 e. The zero-order valence-corrected chi connectivity index (χ0v) is 11.5. The highest BCUT2D eigenvalue weighted by Crippen LogP contribution is 2.17. The SMILES string of the molecule is COC(C)(C)CCC(N)Cc1ccc(C)cc1. The Morgan fingerprint density at radius 2 is 1.82 bits per heavy atom.